The first-order valence-electron chi connectivity index (χ1n) is 6.86. The summed E-state index contributed by atoms with van der Waals surface area (Å²) in [6.45, 7) is 3.31. The Labute approximate surface area is 128 Å². The third-order valence-corrected chi connectivity index (χ3v) is 3.24. The van der Waals surface area contributed by atoms with Gasteiger partial charge < -0.3 is 9.47 Å². The van der Waals surface area contributed by atoms with Crippen LogP contribution in [0.25, 0.3) is 6.08 Å². The van der Waals surface area contributed by atoms with E-state index in [4.69, 9.17) is 9.47 Å². The Morgan fingerprint density at radius 2 is 2.00 bits per heavy atom. The number of rotatable bonds is 2. The molecule has 0 spiro atoms. The Bertz CT molecular complexity index is 802. The fraction of sp³-hybridized carbons (Fsp3) is 0.111. The molecule has 1 aliphatic heterocycles. The summed E-state index contributed by atoms with van der Waals surface area (Å²) in [7, 11) is 0. The summed E-state index contributed by atoms with van der Waals surface area (Å²) in [6, 6.07) is 12.5. The molecule has 0 N–H and O–H groups in total. The molecule has 0 atom stereocenters. The minimum atomic E-state index is -0.417. The van der Waals surface area contributed by atoms with Crippen molar-refractivity contribution < 1.29 is 19.1 Å². The lowest BCUT2D eigenvalue weighted by atomic mass is 10.1. The fourth-order valence-corrected chi connectivity index (χ4v) is 2.31. The van der Waals surface area contributed by atoms with Crippen molar-refractivity contribution in [2.45, 2.75) is 13.8 Å². The second-order valence-electron chi connectivity index (χ2n) is 5.11. The van der Waals surface area contributed by atoms with Crippen molar-refractivity contribution >= 4 is 17.8 Å². The Morgan fingerprint density at radius 1 is 1.18 bits per heavy atom. The molecule has 1 aliphatic rings. The van der Waals surface area contributed by atoms with Gasteiger partial charge in [-0.3, -0.25) is 9.59 Å². The number of carbonyl (C=O) groups is 2. The first kappa shape index (κ1) is 14.1. The maximum absolute atomic E-state index is 12.3. The van der Waals surface area contributed by atoms with E-state index in [-0.39, 0.29) is 11.5 Å². The summed E-state index contributed by atoms with van der Waals surface area (Å²) < 4.78 is 10.6. The first-order valence-corrected chi connectivity index (χ1v) is 6.86. The first-order chi connectivity index (χ1) is 10.5. The smallest absolute Gasteiger partial charge is 0.308 e. The predicted octanol–water partition coefficient (Wildman–Crippen LogP) is 3.54. The highest BCUT2D eigenvalue weighted by atomic mass is 16.5. The number of allylic oxidation sites excluding steroid dienone is 1. The zero-order valence-corrected chi connectivity index (χ0v) is 12.3. The monoisotopic (exact) mass is 294 g/mol. The third kappa shape index (κ3) is 2.76. The topological polar surface area (TPSA) is 52.6 Å². The molecule has 2 aromatic rings. The van der Waals surface area contributed by atoms with Crippen LogP contribution in [-0.2, 0) is 4.79 Å². The highest BCUT2D eigenvalue weighted by Gasteiger charge is 2.27. The van der Waals surface area contributed by atoms with Crippen LogP contribution in [0.3, 0.4) is 0 Å². The van der Waals surface area contributed by atoms with E-state index in [1.165, 1.54) is 6.92 Å². The van der Waals surface area contributed by atoms with Gasteiger partial charge in [0.25, 0.3) is 0 Å². The summed E-state index contributed by atoms with van der Waals surface area (Å²) in [5.41, 5.74) is 2.47. The Balaban J connectivity index is 1.92. The van der Waals surface area contributed by atoms with Gasteiger partial charge in [-0.15, -0.1) is 0 Å². The lowest BCUT2D eigenvalue weighted by Crippen LogP contribution is -2.01. The molecule has 2 aromatic carbocycles. The van der Waals surface area contributed by atoms with Crippen molar-refractivity contribution in [2.75, 3.05) is 0 Å². The van der Waals surface area contributed by atoms with Crippen molar-refractivity contribution in [3.63, 3.8) is 0 Å². The number of hydrogen-bond donors (Lipinski definition) is 0. The van der Waals surface area contributed by atoms with Gasteiger partial charge in [0.05, 0.1) is 5.56 Å². The quantitative estimate of drug-likeness (QED) is 0.483. The molecule has 0 aromatic heterocycles. The van der Waals surface area contributed by atoms with Crippen LogP contribution < -0.4 is 9.47 Å². The number of esters is 1. The van der Waals surface area contributed by atoms with Gasteiger partial charge >= 0.3 is 5.97 Å². The van der Waals surface area contributed by atoms with E-state index in [0.29, 0.717) is 17.1 Å². The minimum absolute atomic E-state index is 0.175. The Kier molecular flexibility index (Phi) is 3.51. The SMILES string of the molecule is CC(=O)Oc1ccc2c(c1)O/C(=C/c1cccc(C)c1)C2=O. The van der Waals surface area contributed by atoms with Gasteiger partial charge in [-0.1, -0.05) is 29.8 Å². The molecule has 22 heavy (non-hydrogen) atoms. The Hall–Kier alpha value is -2.88. The van der Waals surface area contributed by atoms with Crippen LogP contribution in [0.5, 0.6) is 11.5 Å². The second-order valence-corrected chi connectivity index (χ2v) is 5.11. The number of carbonyl (C=O) groups excluding carboxylic acids is 2. The number of hydrogen-bond acceptors (Lipinski definition) is 4. The van der Waals surface area contributed by atoms with Crippen LogP contribution in [-0.4, -0.2) is 11.8 Å². The van der Waals surface area contributed by atoms with Gasteiger partial charge in [0.15, 0.2) is 5.76 Å². The molecule has 4 nitrogen and oxygen atoms in total. The van der Waals surface area contributed by atoms with Gasteiger partial charge in [-0.2, -0.15) is 0 Å². The lowest BCUT2D eigenvalue weighted by Gasteiger charge is -2.02. The largest absolute Gasteiger partial charge is 0.452 e. The molecule has 110 valence electrons. The summed E-state index contributed by atoms with van der Waals surface area (Å²) in [4.78, 5) is 23.3. The zero-order valence-electron chi connectivity index (χ0n) is 12.3. The van der Waals surface area contributed by atoms with Crippen LogP contribution in [0.15, 0.2) is 48.2 Å². The van der Waals surface area contributed by atoms with Crippen LogP contribution in [0.2, 0.25) is 0 Å². The minimum Gasteiger partial charge on any atom is -0.452 e. The number of Topliss-reactive ketones (excluding diaryl/α,β-unsaturated/α-hetero) is 1. The third-order valence-electron chi connectivity index (χ3n) is 3.24. The van der Waals surface area contributed by atoms with E-state index in [1.807, 2.05) is 31.2 Å². The van der Waals surface area contributed by atoms with Gasteiger partial charge in [-0.05, 0) is 30.7 Å². The van der Waals surface area contributed by atoms with E-state index in [0.717, 1.165) is 11.1 Å². The van der Waals surface area contributed by atoms with Crippen molar-refractivity contribution in [1.82, 2.24) is 0 Å². The summed E-state index contributed by atoms with van der Waals surface area (Å²) in [5.74, 6) is 0.435. The normalized spacial score (nSPS) is 14.6. The van der Waals surface area contributed by atoms with E-state index < -0.39 is 5.97 Å². The second kappa shape index (κ2) is 5.48. The molecule has 0 bridgehead atoms. The summed E-state index contributed by atoms with van der Waals surface area (Å²) in [5, 5.41) is 0. The zero-order chi connectivity index (χ0) is 15.7. The predicted molar refractivity (Wildman–Crippen MR) is 81.9 cm³/mol. The molecule has 3 rings (SSSR count). The van der Waals surface area contributed by atoms with Crippen molar-refractivity contribution in [3.05, 3.63) is 64.9 Å². The standard InChI is InChI=1S/C18H14O4/c1-11-4-3-5-13(8-11)9-17-18(20)15-7-6-14(21-12(2)19)10-16(15)22-17/h3-10H,1-2H3/b17-9+. The van der Waals surface area contributed by atoms with Crippen LogP contribution >= 0.6 is 0 Å². The highest BCUT2D eigenvalue weighted by molar-refractivity contribution is 6.14. The van der Waals surface area contributed by atoms with Gasteiger partial charge in [-0.25, -0.2) is 0 Å². The maximum atomic E-state index is 12.3. The molecule has 0 radical (unpaired) electrons. The molecule has 0 unspecified atom stereocenters. The van der Waals surface area contributed by atoms with Crippen molar-refractivity contribution in [3.8, 4) is 11.5 Å². The van der Waals surface area contributed by atoms with Crippen molar-refractivity contribution in [1.29, 1.82) is 0 Å². The maximum Gasteiger partial charge on any atom is 0.308 e. The fourth-order valence-electron chi connectivity index (χ4n) is 2.31. The molecule has 0 saturated heterocycles. The molecule has 0 fully saturated rings. The number of fused-ring (bicyclic) bond motifs is 1. The van der Waals surface area contributed by atoms with E-state index in [9.17, 15) is 9.59 Å². The number of aryl methyl sites for hydroxylation is 1. The molecule has 0 saturated carbocycles. The van der Waals surface area contributed by atoms with E-state index >= 15 is 0 Å². The number of ether oxygens (including phenoxy) is 2. The van der Waals surface area contributed by atoms with E-state index in [2.05, 4.69) is 0 Å². The molecular weight excluding hydrogens is 280 g/mol. The average Bonchev–Trinajstić information content (AvgIpc) is 2.74. The summed E-state index contributed by atoms with van der Waals surface area (Å²) in [6.07, 6.45) is 1.71. The summed E-state index contributed by atoms with van der Waals surface area (Å²) >= 11 is 0. The molecule has 0 amide bonds. The Morgan fingerprint density at radius 3 is 2.73 bits per heavy atom. The van der Waals surface area contributed by atoms with Crippen LogP contribution in [0.1, 0.15) is 28.4 Å². The van der Waals surface area contributed by atoms with Crippen LogP contribution in [0, 0.1) is 6.92 Å². The molecular formula is C18H14O4. The molecule has 1 heterocycles. The highest BCUT2D eigenvalue weighted by Crippen LogP contribution is 2.34. The van der Waals surface area contributed by atoms with E-state index in [1.54, 1.807) is 24.3 Å². The van der Waals surface area contributed by atoms with Gasteiger partial charge in [0.2, 0.25) is 5.78 Å². The number of ketones is 1. The van der Waals surface area contributed by atoms with Gasteiger partial charge in [0, 0.05) is 13.0 Å². The van der Waals surface area contributed by atoms with Crippen molar-refractivity contribution in [2.24, 2.45) is 0 Å². The lowest BCUT2D eigenvalue weighted by molar-refractivity contribution is -0.131. The molecule has 0 aliphatic carbocycles. The van der Waals surface area contributed by atoms with Gasteiger partial charge in [0.1, 0.15) is 11.5 Å². The molecule has 4 heteroatoms. The number of benzene rings is 2. The average molecular weight is 294 g/mol. The van der Waals surface area contributed by atoms with Crippen LogP contribution in [0.4, 0.5) is 0 Å².